The number of para-hydroxylation sites is 1. The quantitative estimate of drug-likeness (QED) is 0.503. The molecule has 0 radical (unpaired) electrons. The third-order valence-corrected chi connectivity index (χ3v) is 4.43. The minimum atomic E-state index is -0.375. The summed E-state index contributed by atoms with van der Waals surface area (Å²) in [4.78, 5) is 16.5. The van der Waals surface area contributed by atoms with Crippen LogP contribution in [0.1, 0.15) is 16.1 Å². The molecule has 0 aliphatic carbocycles. The number of nitrogens with one attached hydrogen (secondary N) is 1. The van der Waals surface area contributed by atoms with Crippen molar-refractivity contribution in [2.75, 3.05) is 0 Å². The number of hydrogen-bond acceptors (Lipinski definition) is 5. The van der Waals surface area contributed by atoms with Gasteiger partial charge in [0.2, 0.25) is 5.88 Å². The predicted octanol–water partition coefficient (Wildman–Crippen LogP) is 4.18. The number of hydrogen-bond donors (Lipinski definition) is 1. The lowest BCUT2D eigenvalue weighted by atomic mass is 10.3. The zero-order valence-corrected chi connectivity index (χ0v) is 16.3. The molecule has 0 saturated carbocycles. The minimum absolute atomic E-state index is 0.166. The Bertz CT molecular complexity index is 1160. The lowest BCUT2D eigenvalue weighted by molar-refractivity contribution is 0.0946. The van der Waals surface area contributed by atoms with Gasteiger partial charge in [0.05, 0.1) is 16.9 Å². The number of ether oxygens (including phenoxy) is 1. The highest BCUT2D eigenvalue weighted by atomic mass is 35.5. The first-order valence-corrected chi connectivity index (χ1v) is 9.30. The number of nitrogens with zero attached hydrogens (tertiary/aromatic N) is 4. The summed E-state index contributed by atoms with van der Waals surface area (Å²) in [5, 5.41) is 11.1. The van der Waals surface area contributed by atoms with Crippen LogP contribution in [0.4, 0.5) is 4.39 Å². The lowest BCUT2D eigenvalue weighted by Crippen LogP contribution is -2.23. The van der Waals surface area contributed by atoms with Crippen molar-refractivity contribution in [2.45, 2.75) is 6.54 Å². The Hall–Kier alpha value is -3.78. The van der Waals surface area contributed by atoms with Gasteiger partial charge in [-0.2, -0.15) is 0 Å². The van der Waals surface area contributed by atoms with Gasteiger partial charge in [-0.05, 0) is 42.0 Å². The Morgan fingerprint density at radius 2 is 1.90 bits per heavy atom. The number of amides is 1. The summed E-state index contributed by atoms with van der Waals surface area (Å²) >= 11 is 6.14. The molecule has 0 bridgehead atoms. The number of halogens is 2. The van der Waals surface area contributed by atoms with E-state index in [0.29, 0.717) is 22.3 Å². The van der Waals surface area contributed by atoms with Gasteiger partial charge in [-0.25, -0.2) is 14.1 Å². The maximum Gasteiger partial charge on any atom is 0.273 e. The molecule has 7 nitrogen and oxygen atoms in total. The molecule has 4 rings (SSSR count). The van der Waals surface area contributed by atoms with Gasteiger partial charge >= 0.3 is 0 Å². The third-order valence-electron chi connectivity index (χ3n) is 4.11. The van der Waals surface area contributed by atoms with Gasteiger partial charge in [-0.15, -0.1) is 5.10 Å². The van der Waals surface area contributed by atoms with Crippen LogP contribution >= 0.6 is 11.6 Å². The van der Waals surface area contributed by atoms with E-state index in [0.717, 1.165) is 5.56 Å². The highest BCUT2D eigenvalue weighted by molar-refractivity contribution is 6.32. The molecule has 1 N–H and O–H groups in total. The molecule has 0 spiro atoms. The summed E-state index contributed by atoms with van der Waals surface area (Å²) in [7, 11) is 0. The predicted molar refractivity (Wildman–Crippen MR) is 108 cm³/mol. The number of aromatic nitrogens is 4. The Kier molecular flexibility index (Phi) is 5.67. The third kappa shape index (κ3) is 4.61. The van der Waals surface area contributed by atoms with E-state index in [1.165, 1.54) is 35.1 Å². The maximum atomic E-state index is 12.9. The number of rotatable bonds is 6. The zero-order chi connectivity index (χ0) is 20.9. The Morgan fingerprint density at radius 3 is 2.63 bits per heavy atom. The average Bonchev–Trinajstić information content (AvgIpc) is 3.25. The topological polar surface area (TPSA) is 81.9 Å². The van der Waals surface area contributed by atoms with Crippen LogP contribution in [-0.4, -0.2) is 25.9 Å². The van der Waals surface area contributed by atoms with Crippen LogP contribution in [0.3, 0.4) is 0 Å². The fourth-order valence-corrected chi connectivity index (χ4v) is 2.82. The van der Waals surface area contributed by atoms with Crippen molar-refractivity contribution in [3.05, 3.63) is 95.2 Å². The van der Waals surface area contributed by atoms with E-state index in [9.17, 15) is 9.18 Å². The first kappa shape index (κ1) is 19.5. The molecule has 150 valence electrons. The van der Waals surface area contributed by atoms with Crippen LogP contribution < -0.4 is 10.1 Å². The van der Waals surface area contributed by atoms with Gasteiger partial charge in [-0.1, -0.05) is 35.0 Å². The summed E-state index contributed by atoms with van der Waals surface area (Å²) in [5.41, 5.74) is 1.57. The van der Waals surface area contributed by atoms with Crippen molar-refractivity contribution < 1.29 is 13.9 Å². The van der Waals surface area contributed by atoms with Crippen LogP contribution in [0.25, 0.3) is 5.69 Å². The van der Waals surface area contributed by atoms with Gasteiger partial charge in [0, 0.05) is 18.8 Å². The molecule has 2 heterocycles. The van der Waals surface area contributed by atoms with Gasteiger partial charge in [0.1, 0.15) is 11.6 Å². The summed E-state index contributed by atoms with van der Waals surface area (Å²) in [6.07, 6.45) is 3.09. The van der Waals surface area contributed by atoms with Crippen LogP contribution in [0.2, 0.25) is 5.02 Å². The van der Waals surface area contributed by atoms with Crippen LogP contribution in [0, 0.1) is 5.82 Å². The van der Waals surface area contributed by atoms with E-state index < -0.39 is 0 Å². The summed E-state index contributed by atoms with van der Waals surface area (Å²) < 4.78 is 19.9. The summed E-state index contributed by atoms with van der Waals surface area (Å²) in [6.45, 7) is 0.252. The number of carbonyl (C=O) groups is 1. The molecular formula is C21H15ClFN5O2. The highest BCUT2D eigenvalue weighted by Gasteiger charge is 2.12. The standard InChI is InChI=1S/C21H15ClFN5O2/c22-17-3-1-2-4-19(17)28-13-18(26-27-28)21(29)25-12-14-5-10-20(24-11-14)30-16-8-6-15(23)7-9-16/h1-11,13H,12H2,(H,25,29). The number of benzene rings is 2. The van der Waals surface area contributed by atoms with Crippen LogP contribution in [-0.2, 0) is 6.54 Å². The summed E-state index contributed by atoms with van der Waals surface area (Å²) in [6, 6.07) is 16.2. The van der Waals surface area contributed by atoms with Gasteiger partial charge in [0.15, 0.2) is 5.69 Å². The highest BCUT2D eigenvalue weighted by Crippen LogP contribution is 2.20. The molecule has 0 fully saturated rings. The van der Waals surface area contributed by atoms with Crippen molar-refractivity contribution in [1.82, 2.24) is 25.3 Å². The van der Waals surface area contributed by atoms with Crippen LogP contribution in [0.15, 0.2) is 73.1 Å². The molecule has 0 aliphatic rings. The number of pyridine rings is 1. The average molecular weight is 424 g/mol. The monoisotopic (exact) mass is 423 g/mol. The van der Waals surface area contributed by atoms with E-state index in [4.69, 9.17) is 16.3 Å². The van der Waals surface area contributed by atoms with Crippen molar-refractivity contribution in [3.8, 4) is 17.3 Å². The molecule has 9 heteroatoms. The maximum absolute atomic E-state index is 12.9. The van der Waals surface area contributed by atoms with E-state index >= 15 is 0 Å². The van der Waals surface area contributed by atoms with Gasteiger partial charge in [0.25, 0.3) is 5.91 Å². The lowest BCUT2D eigenvalue weighted by Gasteiger charge is -2.06. The molecule has 2 aromatic heterocycles. The molecule has 1 amide bonds. The first-order chi connectivity index (χ1) is 14.6. The number of carbonyl (C=O) groups excluding carboxylic acids is 1. The second-order valence-corrected chi connectivity index (χ2v) is 6.65. The first-order valence-electron chi connectivity index (χ1n) is 8.92. The largest absolute Gasteiger partial charge is 0.439 e. The second-order valence-electron chi connectivity index (χ2n) is 6.24. The molecule has 0 atom stereocenters. The smallest absolute Gasteiger partial charge is 0.273 e. The molecule has 0 saturated heterocycles. The molecule has 0 aliphatic heterocycles. The van der Waals surface area contributed by atoms with Gasteiger partial charge in [-0.3, -0.25) is 4.79 Å². The fourth-order valence-electron chi connectivity index (χ4n) is 2.60. The summed E-state index contributed by atoms with van der Waals surface area (Å²) in [5.74, 6) is 0.124. The molecule has 4 aromatic rings. The Balaban J connectivity index is 1.35. The molecule has 30 heavy (non-hydrogen) atoms. The Morgan fingerprint density at radius 1 is 1.10 bits per heavy atom. The second kappa shape index (κ2) is 8.71. The minimum Gasteiger partial charge on any atom is -0.439 e. The van der Waals surface area contributed by atoms with E-state index in [-0.39, 0.29) is 24.0 Å². The van der Waals surface area contributed by atoms with Crippen LogP contribution in [0.5, 0.6) is 11.6 Å². The van der Waals surface area contributed by atoms with Crippen molar-refractivity contribution >= 4 is 17.5 Å². The van der Waals surface area contributed by atoms with E-state index in [1.807, 2.05) is 6.07 Å². The normalized spacial score (nSPS) is 10.6. The SMILES string of the molecule is O=C(NCc1ccc(Oc2ccc(F)cc2)nc1)c1cn(-c2ccccc2Cl)nn1. The van der Waals surface area contributed by atoms with Crippen molar-refractivity contribution in [1.29, 1.82) is 0 Å². The molecule has 2 aromatic carbocycles. The zero-order valence-electron chi connectivity index (χ0n) is 15.5. The van der Waals surface area contributed by atoms with Crippen molar-refractivity contribution in [3.63, 3.8) is 0 Å². The van der Waals surface area contributed by atoms with Crippen molar-refractivity contribution in [2.24, 2.45) is 0 Å². The van der Waals surface area contributed by atoms with E-state index in [1.54, 1.807) is 36.5 Å². The fraction of sp³-hybridized carbons (Fsp3) is 0.0476. The van der Waals surface area contributed by atoms with E-state index in [2.05, 4.69) is 20.6 Å². The molecule has 0 unspecified atom stereocenters. The molecular weight excluding hydrogens is 409 g/mol. The van der Waals surface area contributed by atoms with Gasteiger partial charge < -0.3 is 10.1 Å². The Labute approximate surface area is 176 Å².